The molecule has 0 fully saturated rings. The summed E-state index contributed by atoms with van der Waals surface area (Å²) >= 11 is 0. The summed E-state index contributed by atoms with van der Waals surface area (Å²) in [4.78, 5) is 18.2. The summed E-state index contributed by atoms with van der Waals surface area (Å²) in [6, 6.07) is 9.00. The molecule has 0 unspecified atom stereocenters. The summed E-state index contributed by atoms with van der Waals surface area (Å²) in [6.07, 6.45) is 5.81. The third kappa shape index (κ3) is 4.91. The Kier molecular flexibility index (Phi) is 6.87. The van der Waals surface area contributed by atoms with E-state index in [4.69, 9.17) is 19.5 Å². The van der Waals surface area contributed by atoms with Crippen LogP contribution in [0.4, 0.5) is 15.9 Å². The zero-order valence-electron chi connectivity index (χ0n) is 21.3. The van der Waals surface area contributed by atoms with E-state index in [1.54, 1.807) is 18.5 Å². The van der Waals surface area contributed by atoms with Crippen LogP contribution in [-0.2, 0) is 25.9 Å². The lowest BCUT2D eigenvalue weighted by Crippen LogP contribution is -2.22. The van der Waals surface area contributed by atoms with E-state index in [1.807, 2.05) is 18.2 Å². The van der Waals surface area contributed by atoms with E-state index in [1.165, 1.54) is 6.07 Å². The minimum Gasteiger partial charge on any atom is -0.486 e. The normalized spacial score (nSPS) is 14.0. The van der Waals surface area contributed by atoms with Gasteiger partial charge >= 0.3 is 0 Å². The summed E-state index contributed by atoms with van der Waals surface area (Å²) in [7, 11) is 0. The first-order chi connectivity index (χ1) is 18.7. The molecule has 0 aliphatic carbocycles. The molecule has 3 aromatic heterocycles. The Labute approximate surface area is 220 Å². The second kappa shape index (κ2) is 10.7. The van der Waals surface area contributed by atoms with E-state index in [0.29, 0.717) is 24.7 Å². The molecule has 0 bridgehead atoms. The van der Waals surface area contributed by atoms with Crippen LogP contribution in [-0.4, -0.2) is 51.5 Å². The highest BCUT2D eigenvalue weighted by Crippen LogP contribution is 2.35. The topological polar surface area (TPSA) is 98.5 Å². The summed E-state index contributed by atoms with van der Waals surface area (Å²) in [5, 5.41) is 6.74. The standard InChI is InChI=1S/C28H30FN7O2/c1-2-36-23-16-25-24(37-12-13-38-25)15-21(23)35-26(36)7-10-30-9-6-19-14-18-5-11-32-28(27(18)34-19)33-17-22-20(29)4-3-8-31-22/h3-5,8,11,15-16,30H,2,6-7,9-10,12-14,17H2,1H3,(H,32,33). The van der Waals surface area contributed by atoms with Crippen LogP contribution >= 0.6 is 0 Å². The lowest BCUT2D eigenvalue weighted by Gasteiger charge is -2.18. The molecule has 196 valence electrons. The second-order valence-electron chi connectivity index (χ2n) is 9.31. The molecule has 0 amide bonds. The Bertz CT molecular complexity index is 1500. The Balaban J connectivity index is 1.03. The van der Waals surface area contributed by atoms with Gasteiger partial charge in [-0.15, -0.1) is 0 Å². The molecule has 0 saturated heterocycles. The van der Waals surface area contributed by atoms with Gasteiger partial charge in [0.15, 0.2) is 17.3 Å². The number of aliphatic imine (C=N–C) groups is 1. The van der Waals surface area contributed by atoms with Gasteiger partial charge in [0.1, 0.15) is 30.5 Å². The number of rotatable bonds is 10. The van der Waals surface area contributed by atoms with Crippen LogP contribution in [0.15, 0.2) is 47.7 Å². The van der Waals surface area contributed by atoms with Crippen molar-refractivity contribution in [2.24, 2.45) is 4.99 Å². The SMILES string of the molecule is CCn1c(CCNCCC2=Nc3c(ccnc3NCc3ncccc3F)C2)nc2cc3c(cc21)OCCO3. The number of nitrogens with zero attached hydrogens (tertiary/aromatic N) is 5. The fourth-order valence-electron chi connectivity index (χ4n) is 4.98. The fourth-order valence-corrected chi connectivity index (χ4v) is 4.98. The average Bonchev–Trinajstić information content (AvgIpc) is 3.51. The van der Waals surface area contributed by atoms with Gasteiger partial charge in [0.25, 0.3) is 0 Å². The van der Waals surface area contributed by atoms with Crippen molar-refractivity contribution in [3.05, 3.63) is 65.6 Å². The number of halogens is 1. The van der Waals surface area contributed by atoms with E-state index in [9.17, 15) is 4.39 Å². The molecule has 0 atom stereocenters. The molecule has 5 heterocycles. The summed E-state index contributed by atoms with van der Waals surface area (Å²) in [5.41, 5.74) is 5.45. The number of aromatic nitrogens is 4. The predicted molar refractivity (Wildman–Crippen MR) is 144 cm³/mol. The van der Waals surface area contributed by atoms with Crippen molar-refractivity contribution in [1.29, 1.82) is 0 Å². The van der Waals surface area contributed by atoms with Crippen molar-refractivity contribution in [3.63, 3.8) is 0 Å². The van der Waals surface area contributed by atoms with Crippen molar-refractivity contribution in [1.82, 2.24) is 24.8 Å². The van der Waals surface area contributed by atoms with Crippen molar-refractivity contribution >= 4 is 28.3 Å². The van der Waals surface area contributed by atoms with E-state index in [2.05, 4.69) is 32.1 Å². The highest BCUT2D eigenvalue weighted by molar-refractivity contribution is 5.96. The van der Waals surface area contributed by atoms with Crippen molar-refractivity contribution in [2.75, 3.05) is 31.6 Å². The number of aryl methyl sites for hydroxylation is 1. The van der Waals surface area contributed by atoms with Gasteiger partial charge in [0.2, 0.25) is 0 Å². The average molecular weight is 516 g/mol. The van der Waals surface area contributed by atoms with Crippen LogP contribution in [0.25, 0.3) is 11.0 Å². The molecule has 2 aliphatic rings. The van der Waals surface area contributed by atoms with Gasteiger partial charge < -0.3 is 24.7 Å². The largest absolute Gasteiger partial charge is 0.486 e. The molecule has 9 nitrogen and oxygen atoms in total. The van der Waals surface area contributed by atoms with Crippen molar-refractivity contribution in [3.8, 4) is 11.5 Å². The number of pyridine rings is 2. The van der Waals surface area contributed by atoms with Crippen molar-refractivity contribution < 1.29 is 13.9 Å². The zero-order chi connectivity index (χ0) is 25.9. The minimum atomic E-state index is -0.334. The molecule has 10 heteroatoms. The first-order valence-electron chi connectivity index (χ1n) is 13.1. The van der Waals surface area contributed by atoms with E-state index in [-0.39, 0.29) is 12.4 Å². The van der Waals surface area contributed by atoms with Crippen LogP contribution in [0.1, 0.15) is 30.4 Å². The monoisotopic (exact) mass is 515 g/mol. The number of nitrogens with one attached hydrogen (secondary N) is 2. The quantitative estimate of drug-likeness (QED) is 0.305. The number of benzene rings is 1. The highest BCUT2D eigenvalue weighted by atomic mass is 19.1. The number of hydrogen-bond donors (Lipinski definition) is 2. The third-order valence-electron chi connectivity index (χ3n) is 6.85. The molecule has 38 heavy (non-hydrogen) atoms. The van der Waals surface area contributed by atoms with E-state index < -0.39 is 0 Å². The first kappa shape index (κ1) is 24.3. The third-order valence-corrected chi connectivity index (χ3v) is 6.85. The Morgan fingerprint density at radius 3 is 2.71 bits per heavy atom. The molecule has 4 aromatic rings. The maximum absolute atomic E-state index is 13.9. The predicted octanol–water partition coefficient (Wildman–Crippen LogP) is 4.22. The van der Waals surface area contributed by atoms with Crippen LogP contribution in [0.2, 0.25) is 0 Å². The highest BCUT2D eigenvalue weighted by Gasteiger charge is 2.20. The maximum Gasteiger partial charge on any atom is 0.163 e. The summed E-state index contributed by atoms with van der Waals surface area (Å²) in [6.45, 7) is 6.02. The number of ether oxygens (including phenoxy) is 2. The Morgan fingerprint density at radius 1 is 1.03 bits per heavy atom. The van der Waals surface area contributed by atoms with Gasteiger partial charge in [-0.05, 0) is 37.1 Å². The summed E-state index contributed by atoms with van der Waals surface area (Å²) < 4.78 is 27.6. The maximum atomic E-state index is 13.9. The molecule has 0 saturated carbocycles. The smallest absolute Gasteiger partial charge is 0.163 e. The number of imidazole rings is 1. The molecule has 0 radical (unpaired) electrons. The Hall–Kier alpha value is -4.05. The van der Waals surface area contributed by atoms with Gasteiger partial charge in [-0.1, -0.05) is 0 Å². The molecule has 2 N–H and O–H groups in total. The van der Waals surface area contributed by atoms with Crippen molar-refractivity contribution in [2.45, 2.75) is 39.3 Å². The lowest BCUT2D eigenvalue weighted by atomic mass is 10.1. The molecule has 2 aliphatic heterocycles. The van der Waals surface area contributed by atoms with Gasteiger partial charge in [-0.25, -0.2) is 14.4 Å². The van der Waals surface area contributed by atoms with Crippen LogP contribution in [0, 0.1) is 5.82 Å². The van der Waals surface area contributed by atoms with Crippen LogP contribution in [0.3, 0.4) is 0 Å². The molecular formula is C28H30FN7O2. The number of hydrogen-bond acceptors (Lipinski definition) is 8. The fraction of sp³-hybridized carbons (Fsp3) is 0.357. The van der Waals surface area contributed by atoms with E-state index in [0.717, 1.165) is 84.2 Å². The first-order valence-corrected chi connectivity index (χ1v) is 13.1. The molecular weight excluding hydrogens is 485 g/mol. The minimum absolute atomic E-state index is 0.258. The Morgan fingerprint density at radius 2 is 1.87 bits per heavy atom. The second-order valence-corrected chi connectivity index (χ2v) is 9.31. The zero-order valence-corrected chi connectivity index (χ0v) is 21.3. The van der Waals surface area contributed by atoms with Gasteiger partial charge in [-0.2, -0.15) is 0 Å². The molecule has 6 rings (SSSR count). The number of fused-ring (bicyclic) bond motifs is 3. The van der Waals surface area contributed by atoms with Gasteiger partial charge in [0, 0.05) is 62.7 Å². The summed E-state index contributed by atoms with van der Waals surface area (Å²) in [5.74, 6) is 2.93. The molecule has 0 spiro atoms. The van der Waals surface area contributed by atoms with Crippen LogP contribution < -0.4 is 20.1 Å². The van der Waals surface area contributed by atoms with Gasteiger partial charge in [-0.3, -0.25) is 9.98 Å². The van der Waals surface area contributed by atoms with E-state index >= 15 is 0 Å². The van der Waals surface area contributed by atoms with Crippen LogP contribution in [0.5, 0.6) is 11.5 Å². The number of anilines is 1. The molecule has 1 aromatic carbocycles. The lowest BCUT2D eigenvalue weighted by molar-refractivity contribution is 0.172. The van der Waals surface area contributed by atoms with Gasteiger partial charge in [0.05, 0.1) is 23.3 Å².